The number of halogens is 1. The highest BCUT2D eigenvalue weighted by molar-refractivity contribution is 6.29. The monoisotopic (exact) mass is 267 g/mol. The third-order valence-corrected chi connectivity index (χ3v) is 3.80. The first-order valence-electron chi connectivity index (χ1n) is 6.01. The minimum absolute atomic E-state index is 0.124. The number of amides is 1. The van der Waals surface area contributed by atoms with Crippen molar-refractivity contribution in [2.24, 2.45) is 10.8 Å². The summed E-state index contributed by atoms with van der Waals surface area (Å²) in [6.45, 7) is 8.65. The summed E-state index contributed by atoms with van der Waals surface area (Å²) < 4.78 is 0. The zero-order valence-corrected chi connectivity index (χ0v) is 11.9. The minimum atomic E-state index is -0.190. The molecule has 1 aliphatic carbocycles. The van der Waals surface area contributed by atoms with Gasteiger partial charge in [0, 0.05) is 6.04 Å². The molecule has 18 heavy (non-hydrogen) atoms. The quantitative estimate of drug-likeness (QED) is 0.896. The molecule has 1 aromatic rings. The maximum absolute atomic E-state index is 12.1. The Labute approximate surface area is 112 Å². The molecule has 1 N–H and O–H groups in total. The number of rotatable bonds is 2. The van der Waals surface area contributed by atoms with Gasteiger partial charge in [0.05, 0.1) is 12.4 Å². The van der Waals surface area contributed by atoms with Crippen molar-refractivity contribution in [3.05, 3.63) is 23.2 Å². The van der Waals surface area contributed by atoms with Gasteiger partial charge in [0.15, 0.2) is 0 Å². The maximum atomic E-state index is 12.1. The second-order valence-electron chi connectivity index (χ2n) is 6.28. The van der Waals surface area contributed by atoms with Crippen LogP contribution < -0.4 is 5.32 Å². The van der Waals surface area contributed by atoms with Crippen LogP contribution in [0.2, 0.25) is 5.15 Å². The fourth-order valence-corrected chi connectivity index (χ4v) is 3.43. The van der Waals surface area contributed by atoms with E-state index in [-0.39, 0.29) is 27.9 Å². The third kappa shape index (κ3) is 2.34. The van der Waals surface area contributed by atoms with Crippen molar-refractivity contribution in [2.75, 3.05) is 0 Å². The topological polar surface area (TPSA) is 54.9 Å². The number of nitrogens with one attached hydrogen (secondary N) is 1. The highest BCUT2D eigenvalue weighted by Gasteiger charge is 2.53. The summed E-state index contributed by atoms with van der Waals surface area (Å²) in [5.41, 5.74) is 0.552. The van der Waals surface area contributed by atoms with Gasteiger partial charge in [-0.2, -0.15) is 0 Å². The van der Waals surface area contributed by atoms with Crippen LogP contribution in [0.3, 0.4) is 0 Å². The molecular formula is C13H18ClN3O. The molecule has 2 rings (SSSR count). The molecule has 0 unspecified atom stereocenters. The zero-order chi connectivity index (χ0) is 13.6. The first kappa shape index (κ1) is 13.3. The van der Waals surface area contributed by atoms with Crippen molar-refractivity contribution >= 4 is 17.5 Å². The second-order valence-corrected chi connectivity index (χ2v) is 6.67. The van der Waals surface area contributed by atoms with Crippen molar-refractivity contribution in [3.8, 4) is 0 Å². The van der Waals surface area contributed by atoms with Crippen molar-refractivity contribution in [2.45, 2.75) is 40.2 Å². The first-order valence-corrected chi connectivity index (χ1v) is 6.39. The molecular weight excluding hydrogens is 250 g/mol. The molecule has 1 saturated carbocycles. The fourth-order valence-electron chi connectivity index (χ4n) is 3.33. The normalized spacial score (nSPS) is 21.2. The van der Waals surface area contributed by atoms with Crippen LogP contribution in [0.1, 0.15) is 44.6 Å². The van der Waals surface area contributed by atoms with Crippen molar-refractivity contribution in [3.63, 3.8) is 0 Å². The molecule has 0 saturated heterocycles. The molecule has 1 heterocycles. The van der Waals surface area contributed by atoms with Crippen LogP contribution in [0.25, 0.3) is 0 Å². The summed E-state index contributed by atoms with van der Waals surface area (Å²) in [7, 11) is 0. The van der Waals surface area contributed by atoms with E-state index in [1.165, 1.54) is 12.4 Å². The van der Waals surface area contributed by atoms with Crippen LogP contribution in [0.15, 0.2) is 12.4 Å². The number of carbonyl (C=O) groups is 1. The van der Waals surface area contributed by atoms with Gasteiger partial charge in [-0.05, 0) is 17.3 Å². The van der Waals surface area contributed by atoms with Crippen LogP contribution in [0.5, 0.6) is 0 Å². The Hall–Kier alpha value is -1.16. The van der Waals surface area contributed by atoms with Gasteiger partial charge < -0.3 is 5.32 Å². The van der Waals surface area contributed by atoms with E-state index >= 15 is 0 Å². The van der Waals surface area contributed by atoms with Gasteiger partial charge in [0.25, 0.3) is 5.91 Å². The lowest BCUT2D eigenvalue weighted by Crippen LogP contribution is -2.63. The van der Waals surface area contributed by atoms with Gasteiger partial charge in [-0.3, -0.25) is 4.79 Å². The van der Waals surface area contributed by atoms with Gasteiger partial charge >= 0.3 is 0 Å². The average molecular weight is 268 g/mol. The Kier molecular flexibility index (Phi) is 3.09. The number of hydrogen-bond acceptors (Lipinski definition) is 3. The smallest absolute Gasteiger partial charge is 0.271 e. The van der Waals surface area contributed by atoms with Gasteiger partial charge in [0.2, 0.25) is 0 Å². The summed E-state index contributed by atoms with van der Waals surface area (Å²) in [5, 5.41) is 3.34. The molecule has 98 valence electrons. The molecule has 0 aromatic carbocycles. The van der Waals surface area contributed by atoms with E-state index < -0.39 is 0 Å². The molecule has 1 amide bonds. The number of aromatic nitrogens is 2. The molecule has 1 aliphatic rings. The fraction of sp³-hybridized carbons (Fsp3) is 0.615. The van der Waals surface area contributed by atoms with Crippen LogP contribution in [-0.2, 0) is 0 Å². The summed E-state index contributed by atoms with van der Waals surface area (Å²) >= 11 is 5.65. The molecule has 5 heteroatoms. The lowest BCUT2D eigenvalue weighted by Gasteiger charge is -2.57. The Morgan fingerprint density at radius 1 is 1.28 bits per heavy atom. The Morgan fingerprint density at radius 2 is 1.89 bits per heavy atom. The van der Waals surface area contributed by atoms with Crippen LogP contribution in [0, 0.1) is 10.8 Å². The van der Waals surface area contributed by atoms with Crippen molar-refractivity contribution in [1.82, 2.24) is 15.3 Å². The van der Waals surface area contributed by atoms with Gasteiger partial charge in [-0.1, -0.05) is 39.3 Å². The van der Waals surface area contributed by atoms with Crippen LogP contribution in [-0.4, -0.2) is 21.9 Å². The lowest BCUT2D eigenvalue weighted by atomic mass is 9.52. The van der Waals surface area contributed by atoms with Gasteiger partial charge in [-0.15, -0.1) is 0 Å². The molecule has 4 nitrogen and oxygen atoms in total. The van der Waals surface area contributed by atoms with E-state index in [0.717, 1.165) is 6.42 Å². The zero-order valence-electron chi connectivity index (χ0n) is 11.1. The summed E-state index contributed by atoms with van der Waals surface area (Å²) in [6, 6.07) is 0.148. The first-order chi connectivity index (χ1) is 8.22. The summed E-state index contributed by atoms with van der Waals surface area (Å²) in [6.07, 6.45) is 3.88. The maximum Gasteiger partial charge on any atom is 0.271 e. The average Bonchev–Trinajstić information content (AvgIpc) is 2.25. The molecule has 1 fully saturated rings. The number of hydrogen-bond donors (Lipinski definition) is 1. The predicted octanol–water partition coefficient (Wildman–Crippen LogP) is 2.68. The molecule has 0 aliphatic heterocycles. The SMILES string of the molecule is CC1(C)CC(C)(C)C1NC(=O)c1cnc(Cl)cn1. The van der Waals surface area contributed by atoms with Gasteiger partial charge in [0.1, 0.15) is 10.8 Å². The van der Waals surface area contributed by atoms with Crippen LogP contribution >= 0.6 is 11.6 Å². The van der Waals surface area contributed by atoms with E-state index in [9.17, 15) is 4.79 Å². The Morgan fingerprint density at radius 3 is 2.33 bits per heavy atom. The highest BCUT2D eigenvalue weighted by atomic mass is 35.5. The van der Waals surface area contributed by atoms with Crippen molar-refractivity contribution in [1.29, 1.82) is 0 Å². The van der Waals surface area contributed by atoms with E-state index in [0.29, 0.717) is 5.69 Å². The van der Waals surface area contributed by atoms with E-state index in [1.54, 1.807) is 0 Å². The second kappa shape index (κ2) is 4.19. The molecule has 0 spiro atoms. The molecule has 0 atom stereocenters. The summed E-state index contributed by atoms with van der Waals surface area (Å²) in [5.74, 6) is -0.190. The highest BCUT2D eigenvalue weighted by Crippen LogP contribution is 2.53. The van der Waals surface area contributed by atoms with Crippen LogP contribution in [0.4, 0.5) is 0 Å². The molecule has 0 bridgehead atoms. The minimum Gasteiger partial charge on any atom is -0.347 e. The largest absolute Gasteiger partial charge is 0.347 e. The van der Waals surface area contributed by atoms with Gasteiger partial charge in [-0.25, -0.2) is 9.97 Å². The molecule has 1 aromatic heterocycles. The predicted molar refractivity (Wildman–Crippen MR) is 70.5 cm³/mol. The molecule has 0 radical (unpaired) electrons. The number of carbonyl (C=O) groups excluding carboxylic acids is 1. The Balaban J connectivity index is 2.10. The third-order valence-electron chi connectivity index (χ3n) is 3.60. The van der Waals surface area contributed by atoms with E-state index in [1.807, 2.05) is 0 Å². The number of nitrogens with zero attached hydrogens (tertiary/aromatic N) is 2. The lowest BCUT2D eigenvalue weighted by molar-refractivity contribution is -0.0367. The van der Waals surface area contributed by atoms with E-state index in [2.05, 4.69) is 43.0 Å². The standard InChI is InChI=1S/C13H18ClN3O/c1-12(2)7-13(3,4)11(12)17-10(18)8-5-16-9(14)6-15-8/h5-6,11H,7H2,1-4H3,(H,17,18). The summed E-state index contributed by atoms with van der Waals surface area (Å²) in [4.78, 5) is 19.9. The van der Waals surface area contributed by atoms with E-state index in [4.69, 9.17) is 11.6 Å². The van der Waals surface area contributed by atoms with Crippen molar-refractivity contribution < 1.29 is 4.79 Å². The Bertz CT molecular complexity index is 454.